The number of sulfone groups is 1. The van der Waals surface area contributed by atoms with Gasteiger partial charge in [-0.3, -0.25) is 4.79 Å². The minimum absolute atomic E-state index is 0.0249. The molecule has 1 aromatic rings. The fourth-order valence-electron chi connectivity index (χ4n) is 4.00. The average molecular weight is 397 g/mol. The molecule has 1 aliphatic heterocycles. The maximum Gasteiger partial charge on any atom is 0.255 e. The molecule has 7 nitrogen and oxygen atoms in total. The summed E-state index contributed by atoms with van der Waals surface area (Å²) in [5.41, 5.74) is -0.173. The zero-order chi connectivity index (χ0) is 19.8. The summed E-state index contributed by atoms with van der Waals surface area (Å²) in [6.07, 6.45) is 5.37. The number of carbonyl (C=O) groups is 1. The molecule has 2 aliphatic rings. The van der Waals surface area contributed by atoms with E-state index in [1.165, 1.54) is 26.4 Å². The van der Waals surface area contributed by atoms with Crippen molar-refractivity contribution in [1.82, 2.24) is 10.6 Å². The van der Waals surface area contributed by atoms with Crippen molar-refractivity contribution in [3.05, 3.63) is 17.7 Å². The maximum atomic E-state index is 13.2. The monoisotopic (exact) mass is 396 g/mol. The van der Waals surface area contributed by atoms with Crippen LogP contribution < -0.4 is 20.1 Å². The van der Waals surface area contributed by atoms with Crippen LogP contribution in [0.5, 0.6) is 11.5 Å². The van der Waals surface area contributed by atoms with E-state index in [1.807, 2.05) is 0 Å². The van der Waals surface area contributed by atoms with Gasteiger partial charge in [0.15, 0.2) is 9.84 Å². The van der Waals surface area contributed by atoms with Crippen molar-refractivity contribution in [2.75, 3.05) is 27.0 Å². The predicted octanol–water partition coefficient (Wildman–Crippen LogP) is 1.76. The van der Waals surface area contributed by atoms with Crippen LogP contribution in [0.2, 0.25) is 0 Å². The number of hydrogen-bond donors (Lipinski definition) is 2. The van der Waals surface area contributed by atoms with E-state index in [-0.39, 0.29) is 39.4 Å². The third-order valence-electron chi connectivity index (χ3n) is 5.72. The van der Waals surface area contributed by atoms with Crippen LogP contribution >= 0.6 is 0 Å². The Bertz CT molecular complexity index is 829. The summed E-state index contributed by atoms with van der Waals surface area (Å²) in [4.78, 5) is 13.1. The lowest BCUT2D eigenvalue weighted by molar-refractivity contribution is 0.0865. The van der Waals surface area contributed by atoms with Gasteiger partial charge in [-0.25, -0.2) is 8.42 Å². The molecule has 1 saturated heterocycles. The lowest BCUT2D eigenvalue weighted by Gasteiger charge is -2.37. The van der Waals surface area contributed by atoms with E-state index in [9.17, 15) is 13.2 Å². The normalized spacial score (nSPS) is 22.1. The SMILES string of the molecule is COc1cc(OC)c(S(C)(=O)=O)cc1C(=O)NC(C)(C1CC1)C1CCCN1. The Morgan fingerprint density at radius 3 is 2.33 bits per heavy atom. The van der Waals surface area contributed by atoms with Crippen LogP contribution in [0.3, 0.4) is 0 Å². The second-order valence-electron chi connectivity index (χ2n) is 7.64. The molecule has 1 aliphatic carbocycles. The number of methoxy groups -OCH3 is 2. The summed E-state index contributed by atoms with van der Waals surface area (Å²) >= 11 is 0. The molecule has 0 spiro atoms. The second kappa shape index (κ2) is 7.31. The quantitative estimate of drug-likeness (QED) is 0.729. The van der Waals surface area contributed by atoms with Crippen molar-refractivity contribution < 1.29 is 22.7 Å². The first kappa shape index (κ1) is 19.9. The zero-order valence-electron chi connectivity index (χ0n) is 16.3. The molecule has 1 amide bonds. The van der Waals surface area contributed by atoms with Crippen molar-refractivity contribution in [3.8, 4) is 11.5 Å². The van der Waals surface area contributed by atoms with Crippen LogP contribution in [0.1, 0.15) is 43.0 Å². The zero-order valence-corrected chi connectivity index (χ0v) is 17.1. The standard InChI is InChI=1S/C19H28N2O5S/c1-19(12-7-8-12,17-6-5-9-20-17)21-18(22)13-10-16(27(4,23)24)15(26-3)11-14(13)25-2/h10-12,17,20H,5-9H2,1-4H3,(H,21,22). The molecule has 0 aromatic heterocycles. The van der Waals surface area contributed by atoms with Crippen LogP contribution in [0.25, 0.3) is 0 Å². The third kappa shape index (κ3) is 3.91. The van der Waals surface area contributed by atoms with Gasteiger partial charge >= 0.3 is 0 Å². The van der Waals surface area contributed by atoms with E-state index in [2.05, 4.69) is 17.6 Å². The summed E-state index contributed by atoms with van der Waals surface area (Å²) in [6.45, 7) is 3.03. The number of amides is 1. The molecule has 2 N–H and O–H groups in total. The first-order valence-electron chi connectivity index (χ1n) is 9.22. The summed E-state index contributed by atoms with van der Waals surface area (Å²) < 4.78 is 34.8. The van der Waals surface area contributed by atoms with Gasteiger partial charge < -0.3 is 20.1 Å². The van der Waals surface area contributed by atoms with Gasteiger partial charge in [0, 0.05) is 18.4 Å². The van der Waals surface area contributed by atoms with Gasteiger partial charge in [-0.15, -0.1) is 0 Å². The molecule has 0 radical (unpaired) electrons. The lowest BCUT2D eigenvalue weighted by atomic mass is 9.85. The Balaban J connectivity index is 1.97. The van der Waals surface area contributed by atoms with Gasteiger partial charge in [-0.1, -0.05) is 0 Å². The van der Waals surface area contributed by atoms with Crippen molar-refractivity contribution in [2.45, 2.75) is 49.1 Å². The molecule has 2 atom stereocenters. The van der Waals surface area contributed by atoms with Gasteiger partial charge in [0.2, 0.25) is 0 Å². The molecule has 27 heavy (non-hydrogen) atoms. The van der Waals surface area contributed by atoms with Crippen LogP contribution in [0.4, 0.5) is 0 Å². The molecular weight excluding hydrogens is 368 g/mol. The van der Waals surface area contributed by atoms with E-state index >= 15 is 0 Å². The van der Waals surface area contributed by atoms with E-state index < -0.39 is 9.84 Å². The highest BCUT2D eigenvalue weighted by Gasteiger charge is 2.48. The Labute approximate surface area is 160 Å². The average Bonchev–Trinajstić information content (AvgIpc) is 3.34. The first-order chi connectivity index (χ1) is 12.7. The Hall–Kier alpha value is -1.80. The summed E-state index contributed by atoms with van der Waals surface area (Å²) in [5, 5.41) is 6.68. The molecular formula is C19H28N2O5S. The molecule has 2 unspecified atom stereocenters. The van der Waals surface area contributed by atoms with Crippen LogP contribution in [0, 0.1) is 5.92 Å². The Kier molecular flexibility index (Phi) is 5.40. The minimum Gasteiger partial charge on any atom is -0.496 e. The number of hydrogen-bond acceptors (Lipinski definition) is 6. The van der Waals surface area contributed by atoms with Crippen LogP contribution in [-0.4, -0.2) is 52.9 Å². The molecule has 2 fully saturated rings. The Morgan fingerprint density at radius 2 is 1.85 bits per heavy atom. The van der Waals surface area contributed by atoms with Gasteiger partial charge in [-0.2, -0.15) is 0 Å². The highest BCUT2D eigenvalue weighted by Crippen LogP contribution is 2.43. The topological polar surface area (TPSA) is 93.7 Å². The first-order valence-corrected chi connectivity index (χ1v) is 11.1. The highest BCUT2D eigenvalue weighted by molar-refractivity contribution is 7.90. The van der Waals surface area contributed by atoms with Gasteiger partial charge in [0.1, 0.15) is 16.4 Å². The molecule has 1 aromatic carbocycles. The molecule has 8 heteroatoms. The van der Waals surface area contributed by atoms with Crippen molar-refractivity contribution in [1.29, 1.82) is 0 Å². The van der Waals surface area contributed by atoms with E-state index in [0.29, 0.717) is 5.92 Å². The maximum absolute atomic E-state index is 13.2. The summed E-state index contributed by atoms with van der Waals surface area (Å²) in [7, 11) is -0.726. The van der Waals surface area contributed by atoms with E-state index in [0.717, 1.165) is 38.5 Å². The predicted molar refractivity (Wildman–Crippen MR) is 102 cm³/mol. The number of carbonyl (C=O) groups excluding carboxylic acids is 1. The molecule has 1 heterocycles. The van der Waals surface area contributed by atoms with Crippen LogP contribution in [0.15, 0.2) is 17.0 Å². The highest BCUT2D eigenvalue weighted by atomic mass is 32.2. The van der Waals surface area contributed by atoms with Crippen molar-refractivity contribution in [2.24, 2.45) is 5.92 Å². The van der Waals surface area contributed by atoms with E-state index in [1.54, 1.807) is 0 Å². The van der Waals surface area contributed by atoms with Crippen molar-refractivity contribution in [3.63, 3.8) is 0 Å². The lowest BCUT2D eigenvalue weighted by Crippen LogP contribution is -2.59. The molecule has 3 rings (SSSR count). The van der Waals surface area contributed by atoms with Gasteiger partial charge in [0.25, 0.3) is 5.91 Å². The summed E-state index contributed by atoms with van der Waals surface area (Å²) in [5.74, 6) is 0.542. The molecule has 150 valence electrons. The van der Waals surface area contributed by atoms with Crippen molar-refractivity contribution >= 4 is 15.7 Å². The molecule has 1 saturated carbocycles. The van der Waals surface area contributed by atoms with Gasteiger partial charge in [-0.05, 0) is 51.1 Å². The summed E-state index contributed by atoms with van der Waals surface area (Å²) in [6, 6.07) is 3.01. The van der Waals surface area contributed by atoms with Gasteiger partial charge in [0.05, 0.1) is 25.3 Å². The number of benzene rings is 1. The Morgan fingerprint density at radius 1 is 1.19 bits per heavy atom. The fraction of sp³-hybridized carbons (Fsp3) is 0.632. The molecule has 0 bridgehead atoms. The van der Waals surface area contributed by atoms with Crippen LogP contribution in [-0.2, 0) is 9.84 Å². The second-order valence-corrected chi connectivity index (χ2v) is 9.62. The number of rotatable bonds is 7. The fourth-order valence-corrected chi connectivity index (χ4v) is 4.84. The van der Waals surface area contributed by atoms with E-state index in [4.69, 9.17) is 9.47 Å². The number of nitrogens with one attached hydrogen (secondary N) is 2. The third-order valence-corrected chi connectivity index (χ3v) is 6.84. The largest absolute Gasteiger partial charge is 0.496 e. The minimum atomic E-state index is -3.56. The number of ether oxygens (including phenoxy) is 2. The smallest absolute Gasteiger partial charge is 0.255 e.